The Hall–Kier alpha value is -1.34. The minimum Gasteiger partial charge on any atom is -0.316 e. The molecule has 0 aromatic carbocycles. The molecule has 0 aliphatic carbocycles. The first-order chi connectivity index (χ1) is 8.94. The van der Waals surface area contributed by atoms with Crippen LogP contribution in [0.5, 0.6) is 0 Å². The number of nitrogens with zero attached hydrogens (tertiary/aromatic N) is 3. The lowest BCUT2D eigenvalue weighted by atomic mass is 9.88. The summed E-state index contributed by atoms with van der Waals surface area (Å²) in [5, 5.41) is 16.5. The molecule has 1 aromatic rings. The van der Waals surface area contributed by atoms with Crippen molar-refractivity contribution in [1.29, 1.82) is 5.26 Å². The Labute approximate surface area is 116 Å². The first kappa shape index (κ1) is 15.7. The van der Waals surface area contributed by atoms with Gasteiger partial charge in [0.25, 0.3) is 0 Å². The third kappa shape index (κ3) is 5.89. The van der Waals surface area contributed by atoms with Crippen molar-refractivity contribution < 1.29 is 0 Å². The zero-order valence-electron chi connectivity index (χ0n) is 12.7. The molecular weight excluding hydrogens is 236 g/mol. The summed E-state index contributed by atoms with van der Waals surface area (Å²) in [6.45, 7) is 11.5. The molecular formula is C15H26N4. The number of hydrogen-bond donors (Lipinski definition) is 1. The first-order valence-electron chi connectivity index (χ1n) is 7.03. The van der Waals surface area contributed by atoms with E-state index in [0.29, 0.717) is 6.42 Å². The van der Waals surface area contributed by atoms with Crippen molar-refractivity contribution in [2.75, 3.05) is 13.1 Å². The average Bonchev–Trinajstić information content (AvgIpc) is 2.65. The number of rotatable bonds is 8. The van der Waals surface area contributed by atoms with Gasteiger partial charge in [0.2, 0.25) is 0 Å². The van der Waals surface area contributed by atoms with Crippen LogP contribution >= 0.6 is 0 Å². The van der Waals surface area contributed by atoms with Crippen LogP contribution in [0.15, 0.2) is 6.07 Å². The molecule has 0 amide bonds. The molecule has 0 fully saturated rings. The summed E-state index contributed by atoms with van der Waals surface area (Å²) in [7, 11) is 0. The van der Waals surface area contributed by atoms with E-state index in [2.05, 4.69) is 48.0 Å². The summed E-state index contributed by atoms with van der Waals surface area (Å²) >= 11 is 0. The molecule has 0 radical (unpaired) electrons. The molecule has 0 spiro atoms. The molecule has 0 bridgehead atoms. The standard InChI is InChI=1S/C15H26N4/c1-13-11-14(2)19(18-13)10-6-9-17-12-15(3,4)7-5-8-16/h11,17H,5-7,9-10,12H2,1-4H3. The molecule has 0 atom stereocenters. The van der Waals surface area contributed by atoms with Crippen LogP contribution in [0.1, 0.15) is 44.5 Å². The fourth-order valence-electron chi connectivity index (χ4n) is 2.16. The van der Waals surface area contributed by atoms with Crippen molar-refractivity contribution in [3.05, 3.63) is 17.5 Å². The third-order valence-corrected chi connectivity index (χ3v) is 3.34. The highest BCUT2D eigenvalue weighted by atomic mass is 15.3. The van der Waals surface area contributed by atoms with Crippen LogP contribution in [0, 0.1) is 30.6 Å². The maximum Gasteiger partial charge on any atom is 0.0621 e. The van der Waals surface area contributed by atoms with E-state index in [-0.39, 0.29) is 5.41 Å². The highest BCUT2D eigenvalue weighted by Gasteiger charge is 2.16. The fraction of sp³-hybridized carbons (Fsp3) is 0.733. The highest BCUT2D eigenvalue weighted by Crippen LogP contribution is 2.20. The highest BCUT2D eigenvalue weighted by molar-refractivity contribution is 5.06. The van der Waals surface area contributed by atoms with Crippen LogP contribution < -0.4 is 5.32 Å². The van der Waals surface area contributed by atoms with Crippen LogP contribution in [0.3, 0.4) is 0 Å². The summed E-state index contributed by atoms with van der Waals surface area (Å²) in [5.41, 5.74) is 2.52. The second kappa shape index (κ2) is 7.30. The van der Waals surface area contributed by atoms with E-state index in [4.69, 9.17) is 5.26 Å². The number of hydrogen-bond acceptors (Lipinski definition) is 3. The van der Waals surface area contributed by atoms with Crippen LogP contribution in [-0.2, 0) is 6.54 Å². The molecule has 1 rings (SSSR count). The molecule has 0 unspecified atom stereocenters. The van der Waals surface area contributed by atoms with Crippen molar-refractivity contribution in [3.63, 3.8) is 0 Å². The van der Waals surface area contributed by atoms with Crippen LogP contribution in [-0.4, -0.2) is 22.9 Å². The molecule has 1 N–H and O–H groups in total. The molecule has 4 heteroatoms. The Kier molecular flexibility index (Phi) is 6.04. The van der Waals surface area contributed by atoms with E-state index >= 15 is 0 Å². The average molecular weight is 262 g/mol. The lowest BCUT2D eigenvalue weighted by molar-refractivity contribution is 0.316. The minimum absolute atomic E-state index is 0.202. The van der Waals surface area contributed by atoms with Crippen LogP contribution in [0.4, 0.5) is 0 Å². The Morgan fingerprint density at radius 2 is 2.16 bits per heavy atom. The molecule has 1 aromatic heterocycles. The van der Waals surface area contributed by atoms with Gasteiger partial charge in [-0.3, -0.25) is 4.68 Å². The summed E-state index contributed by atoms with van der Waals surface area (Å²) in [5.74, 6) is 0. The summed E-state index contributed by atoms with van der Waals surface area (Å²) in [6, 6.07) is 4.33. The molecule has 0 saturated heterocycles. The molecule has 106 valence electrons. The predicted molar refractivity (Wildman–Crippen MR) is 77.8 cm³/mol. The van der Waals surface area contributed by atoms with E-state index < -0.39 is 0 Å². The van der Waals surface area contributed by atoms with Gasteiger partial charge >= 0.3 is 0 Å². The lowest BCUT2D eigenvalue weighted by Gasteiger charge is -2.23. The zero-order valence-corrected chi connectivity index (χ0v) is 12.7. The predicted octanol–water partition coefficient (Wildman–Crippen LogP) is 2.81. The second-order valence-electron chi connectivity index (χ2n) is 6.00. The summed E-state index contributed by atoms with van der Waals surface area (Å²) in [6.07, 6.45) is 2.67. The minimum atomic E-state index is 0.202. The quantitative estimate of drug-likeness (QED) is 0.733. The van der Waals surface area contributed by atoms with Gasteiger partial charge in [-0.25, -0.2) is 0 Å². The topological polar surface area (TPSA) is 53.6 Å². The van der Waals surface area contributed by atoms with Gasteiger partial charge in [0.05, 0.1) is 11.8 Å². The molecule has 4 nitrogen and oxygen atoms in total. The van der Waals surface area contributed by atoms with Gasteiger partial charge in [0.15, 0.2) is 0 Å². The van der Waals surface area contributed by atoms with Crippen LogP contribution in [0.2, 0.25) is 0 Å². The maximum absolute atomic E-state index is 8.61. The molecule has 1 heterocycles. The van der Waals surface area contributed by atoms with Crippen molar-refractivity contribution >= 4 is 0 Å². The number of nitrogens with one attached hydrogen (secondary N) is 1. The number of aryl methyl sites for hydroxylation is 3. The SMILES string of the molecule is Cc1cc(C)n(CCCNCC(C)(C)CCC#N)n1. The van der Waals surface area contributed by atoms with Gasteiger partial charge in [-0.15, -0.1) is 0 Å². The number of aromatic nitrogens is 2. The Bertz CT molecular complexity index is 426. The van der Waals surface area contributed by atoms with Crippen molar-refractivity contribution in [1.82, 2.24) is 15.1 Å². The van der Waals surface area contributed by atoms with E-state index in [1.165, 1.54) is 5.69 Å². The first-order valence-corrected chi connectivity index (χ1v) is 7.03. The van der Waals surface area contributed by atoms with E-state index in [1.54, 1.807) is 0 Å². The van der Waals surface area contributed by atoms with Crippen molar-refractivity contribution in [2.24, 2.45) is 5.41 Å². The molecule has 0 aliphatic rings. The van der Waals surface area contributed by atoms with Gasteiger partial charge in [-0.05, 0) is 44.7 Å². The lowest BCUT2D eigenvalue weighted by Crippen LogP contribution is -2.30. The Balaban J connectivity index is 2.18. The van der Waals surface area contributed by atoms with Crippen molar-refractivity contribution in [3.8, 4) is 6.07 Å². The number of nitriles is 1. The van der Waals surface area contributed by atoms with E-state index in [1.807, 2.05) is 6.92 Å². The normalized spacial score (nSPS) is 11.5. The molecule has 0 saturated carbocycles. The monoisotopic (exact) mass is 262 g/mol. The third-order valence-electron chi connectivity index (χ3n) is 3.34. The zero-order chi connectivity index (χ0) is 14.3. The van der Waals surface area contributed by atoms with Gasteiger partial charge < -0.3 is 5.32 Å². The van der Waals surface area contributed by atoms with Gasteiger partial charge in [-0.1, -0.05) is 13.8 Å². The van der Waals surface area contributed by atoms with E-state index in [9.17, 15) is 0 Å². The largest absolute Gasteiger partial charge is 0.316 e. The fourth-order valence-corrected chi connectivity index (χ4v) is 2.16. The smallest absolute Gasteiger partial charge is 0.0621 e. The van der Waals surface area contributed by atoms with Gasteiger partial charge in [0, 0.05) is 25.2 Å². The Morgan fingerprint density at radius 3 is 2.74 bits per heavy atom. The van der Waals surface area contributed by atoms with Crippen LogP contribution in [0.25, 0.3) is 0 Å². The van der Waals surface area contributed by atoms with Gasteiger partial charge in [0.1, 0.15) is 0 Å². The maximum atomic E-state index is 8.61. The van der Waals surface area contributed by atoms with Crippen molar-refractivity contribution in [2.45, 2.75) is 53.5 Å². The van der Waals surface area contributed by atoms with Gasteiger partial charge in [-0.2, -0.15) is 10.4 Å². The second-order valence-corrected chi connectivity index (χ2v) is 6.00. The summed E-state index contributed by atoms with van der Waals surface area (Å²) < 4.78 is 2.07. The molecule has 0 aliphatic heterocycles. The summed E-state index contributed by atoms with van der Waals surface area (Å²) in [4.78, 5) is 0. The Morgan fingerprint density at radius 1 is 1.42 bits per heavy atom. The van der Waals surface area contributed by atoms with E-state index in [0.717, 1.165) is 38.2 Å². The molecule has 19 heavy (non-hydrogen) atoms.